The van der Waals surface area contributed by atoms with E-state index in [9.17, 15) is 4.79 Å². The first-order valence-corrected chi connectivity index (χ1v) is 2.32. The maximum absolute atomic E-state index is 9.44. The first-order chi connectivity index (χ1) is 2.77. The fourth-order valence-corrected chi connectivity index (χ4v) is 0.195. The molecule has 0 aromatic carbocycles. The molecule has 0 saturated heterocycles. The van der Waals surface area contributed by atoms with E-state index in [1.54, 1.807) is 6.29 Å². The summed E-state index contributed by atoms with van der Waals surface area (Å²) in [6.45, 7) is 1.86. The van der Waals surface area contributed by atoms with Crippen molar-refractivity contribution in [2.75, 3.05) is 0 Å². The van der Waals surface area contributed by atoms with Crippen LogP contribution in [0.1, 0.15) is 13.3 Å². The van der Waals surface area contributed by atoms with E-state index in [-0.39, 0.29) is 5.25 Å². The van der Waals surface area contributed by atoms with Crippen molar-refractivity contribution < 1.29 is 4.79 Å². The van der Waals surface area contributed by atoms with Crippen molar-refractivity contribution in [3.63, 3.8) is 0 Å². The van der Waals surface area contributed by atoms with Crippen LogP contribution in [0.4, 0.5) is 0 Å². The molecule has 6 heavy (non-hydrogen) atoms. The van der Waals surface area contributed by atoms with Crippen LogP contribution in [-0.2, 0) is 4.79 Å². The van der Waals surface area contributed by atoms with Gasteiger partial charge in [-0.05, 0) is 0 Å². The molecule has 0 aliphatic heterocycles. The Hall–Kier alpha value is 0.0200. The van der Waals surface area contributed by atoms with Crippen LogP contribution in [0.25, 0.3) is 0 Å². The Balaban J connectivity index is 2.81. The molecule has 1 unspecified atom stereocenters. The molecule has 0 bridgehead atoms. The van der Waals surface area contributed by atoms with E-state index in [1.165, 1.54) is 0 Å². The summed E-state index contributed by atoms with van der Waals surface area (Å²) in [7, 11) is 0. The third kappa shape index (κ3) is 4.02. The molecule has 35 valence electrons. The molecule has 0 rings (SSSR count). The predicted molar refractivity (Wildman–Crippen MR) is 28.8 cm³/mol. The van der Waals surface area contributed by atoms with E-state index < -0.39 is 0 Å². The zero-order valence-electron chi connectivity index (χ0n) is 3.64. The minimum atomic E-state index is 0.169. The summed E-state index contributed by atoms with van der Waals surface area (Å²) in [5.41, 5.74) is 0. The lowest BCUT2D eigenvalue weighted by Gasteiger charge is -1.88. The van der Waals surface area contributed by atoms with Gasteiger partial charge in [-0.1, -0.05) is 6.92 Å². The lowest BCUT2D eigenvalue weighted by Crippen LogP contribution is -1.88. The van der Waals surface area contributed by atoms with Gasteiger partial charge in [0, 0.05) is 11.7 Å². The second-order valence-corrected chi connectivity index (χ2v) is 2.08. The number of thiol groups is 1. The number of hydrogen-bond donors (Lipinski definition) is 1. The quantitative estimate of drug-likeness (QED) is 0.512. The minimum absolute atomic E-state index is 0.169. The molecule has 0 aliphatic carbocycles. The Morgan fingerprint density at radius 3 is 2.50 bits per heavy atom. The molecule has 0 spiro atoms. The normalized spacial score (nSPS) is 13.7. The van der Waals surface area contributed by atoms with E-state index in [0.29, 0.717) is 6.42 Å². The van der Waals surface area contributed by atoms with E-state index in [4.69, 9.17) is 0 Å². The van der Waals surface area contributed by atoms with Crippen molar-refractivity contribution in [2.45, 2.75) is 18.6 Å². The van der Waals surface area contributed by atoms with Crippen molar-refractivity contribution in [3.8, 4) is 0 Å². The van der Waals surface area contributed by atoms with Crippen molar-refractivity contribution in [1.29, 1.82) is 0 Å². The Kier molecular flexibility index (Phi) is 3.23. The largest absolute Gasteiger partial charge is 0.291 e. The molecule has 0 amide bonds. The van der Waals surface area contributed by atoms with Gasteiger partial charge in [0.05, 0.1) is 0 Å². The molecule has 2 heteroatoms. The van der Waals surface area contributed by atoms with E-state index in [2.05, 4.69) is 12.6 Å². The summed E-state index contributed by atoms with van der Waals surface area (Å²) in [5.74, 6) is 0. The highest BCUT2D eigenvalue weighted by atomic mass is 32.1. The Bertz CT molecular complexity index is 42.8. The number of hydrogen-bond acceptors (Lipinski definition) is 2. The molecule has 1 atom stereocenters. The summed E-state index contributed by atoms with van der Waals surface area (Å²) in [4.78, 5) is 9.44. The first kappa shape index (κ1) is 6.02. The first-order valence-electron chi connectivity index (χ1n) is 1.80. The minimum Gasteiger partial charge on any atom is -0.291 e. The topological polar surface area (TPSA) is 17.1 Å². The van der Waals surface area contributed by atoms with E-state index in [0.717, 1.165) is 0 Å². The smallest absolute Gasteiger partial charge is 0.199 e. The molecular formula is C4H7OS. The molecular weight excluding hydrogens is 96.1 g/mol. The Morgan fingerprint density at radius 1 is 2.00 bits per heavy atom. The number of carbonyl (C=O) groups excluding carboxylic acids is 1. The van der Waals surface area contributed by atoms with Gasteiger partial charge in [0.2, 0.25) is 0 Å². The van der Waals surface area contributed by atoms with Gasteiger partial charge in [-0.3, -0.25) is 4.79 Å². The predicted octanol–water partition coefficient (Wildman–Crippen LogP) is 0.804. The van der Waals surface area contributed by atoms with Crippen LogP contribution < -0.4 is 0 Å². The lowest BCUT2D eigenvalue weighted by molar-refractivity contribution is 0.551. The second-order valence-electron chi connectivity index (χ2n) is 1.20. The van der Waals surface area contributed by atoms with Gasteiger partial charge in [0.25, 0.3) is 0 Å². The fraction of sp³-hybridized carbons (Fsp3) is 0.750. The summed E-state index contributed by atoms with van der Waals surface area (Å²) in [6.07, 6.45) is 2.17. The van der Waals surface area contributed by atoms with E-state index in [1.807, 2.05) is 6.92 Å². The van der Waals surface area contributed by atoms with E-state index >= 15 is 0 Å². The zero-order valence-corrected chi connectivity index (χ0v) is 4.53. The second kappa shape index (κ2) is 3.22. The highest BCUT2D eigenvalue weighted by molar-refractivity contribution is 7.80. The SMILES string of the molecule is CC(S)C[C]=O. The molecule has 0 saturated carbocycles. The van der Waals surface area contributed by atoms with Crippen LogP contribution in [-0.4, -0.2) is 11.5 Å². The van der Waals surface area contributed by atoms with Crippen molar-refractivity contribution in [3.05, 3.63) is 0 Å². The van der Waals surface area contributed by atoms with Crippen molar-refractivity contribution in [1.82, 2.24) is 0 Å². The third-order valence-electron chi connectivity index (χ3n) is 0.379. The van der Waals surface area contributed by atoms with Crippen LogP contribution >= 0.6 is 12.6 Å². The molecule has 0 fully saturated rings. The van der Waals surface area contributed by atoms with Crippen molar-refractivity contribution >= 4 is 18.9 Å². The summed E-state index contributed by atoms with van der Waals surface area (Å²) >= 11 is 3.92. The Morgan fingerprint density at radius 2 is 2.50 bits per heavy atom. The van der Waals surface area contributed by atoms with Gasteiger partial charge in [-0.25, -0.2) is 0 Å². The summed E-state index contributed by atoms with van der Waals surface area (Å²) in [5, 5.41) is 0.169. The fourth-order valence-electron chi connectivity index (χ4n) is 0.121. The average Bonchev–Trinajstić information content (AvgIpc) is 1.35. The van der Waals surface area contributed by atoms with Crippen LogP contribution in [0, 0.1) is 0 Å². The average molecular weight is 103 g/mol. The standard InChI is InChI=1S/C4H7OS/c1-4(6)2-3-5/h4,6H,2H2,1H3. The van der Waals surface area contributed by atoms with Crippen molar-refractivity contribution in [2.24, 2.45) is 0 Å². The summed E-state index contributed by atoms with van der Waals surface area (Å²) < 4.78 is 0. The van der Waals surface area contributed by atoms with Crippen LogP contribution in [0.15, 0.2) is 0 Å². The highest BCUT2D eigenvalue weighted by Crippen LogP contribution is 1.93. The van der Waals surface area contributed by atoms with Gasteiger partial charge >= 0.3 is 0 Å². The van der Waals surface area contributed by atoms with Crippen LogP contribution in [0.2, 0.25) is 0 Å². The molecule has 0 aliphatic rings. The highest BCUT2D eigenvalue weighted by Gasteiger charge is 1.88. The van der Waals surface area contributed by atoms with Gasteiger partial charge in [0.1, 0.15) is 0 Å². The van der Waals surface area contributed by atoms with Gasteiger partial charge in [0.15, 0.2) is 6.29 Å². The number of rotatable bonds is 2. The zero-order chi connectivity index (χ0) is 4.99. The van der Waals surface area contributed by atoms with Gasteiger partial charge in [-0.15, -0.1) is 0 Å². The van der Waals surface area contributed by atoms with Crippen LogP contribution in [0.5, 0.6) is 0 Å². The molecule has 0 heterocycles. The molecule has 0 aromatic rings. The summed E-state index contributed by atoms with van der Waals surface area (Å²) in [6, 6.07) is 0. The molecule has 0 aromatic heterocycles. The monoisotopic (exact) mass is 103 g/mol. The molecule has 1 nitrogen and oxygen atoms in total. The Labute approximate surface area is 43.2 Å². The maximum atomic E-state index is 9.44. The van der Waals surface area contributed by atoms with Gasteiger partial charge in [-0.2, -0.15) is 12.6 Å². The molecule has 1 radical (unpaired) electrons. The third-order valence-corrected chi connectivity index (χ3v) is 0.561. The lowest BCUT2D eigenvalue weighted by atomic mass is 10.4. The van der Waals surface area contributed by atoms with Crippen LogP contribution in [0.3, 0.4) is 0 Å². The maximum Gasteiger partial charge on any atom is 0.199 e. The molecule has 0 N–H and O–H groups in total. The van der Waals surface area contributed by atoms with Gasteiger partial charge < -0.3 is 0 Å².